The van der Waals surface area contributed by atoms with Crippen LogP contribution in [0.3, 0.4) is 0 Å². The number of nitrogens with zero attached hydrogens (tertiary/aromatic N) is 5. The minimum atomic E-state index is 0.412. The normalized spacial score (nSPS) is 20.8. The van der Waals surface area contributed by atoms with Crippen LogP contribution >= 0.6 is 23.1 Å². The van der Waals surface area contributed by atoms with Gasteiger partial charge in [0.05, 0.1) is 22.6 Å². The van der Waals surface area contributed by atoms with E-state index < -0.39 is 0 Å². The lowest BCUT2D eigenvalue weighted by Crippen LogP contribution is -2.29. The molecule has 0 spiro atoms. The minimum absolute atomic E-state index is 0.412. The summed E-state index contributed by atoms with van der Waals surface area (Å²) < 4.78 is 8.47. The predicted molar refractivity (Wildman–Crippen MR) is 138 cm³/mol. The molecule has 6 nitrogen and oxygen atoms in total. The van der Waals surface area contributed by atoms with Crippen LogP contribution < -0.4 is 5.32 Å². The first-order chi connectivity index (χ1) is 16.7. The Hall–Kier alpha value is -2.32. The topological polar surface area (TPSA) is 58.9 Å². The van der Waals surface area contributed by atoms with E-state index in [0.29, 0.717) is 11.8 Å². The second-order valence-corrected chi connectivity index (χ2v) is 10.8. The molecule has 8 heteroatoms. The van der Waals surface area contributed by atoms with Gasteiger partial charge in [0.2, 0.25) is 0 Å². The number of halogens is 1. The summed E-state index contributed by atoms with van der Waals surface area (Å²) in [4.78, 5) is 2.42. The summed E-state index contributed by atoms with van der Waals surface area (Å²) in [7, 11) is 1.99. The van der Waals surface area contributed by atoms with Crippen molar-refractivity contribution in [2.24, 2.45) is 0 Å². The van der Waals surface area contributed by atoms with E-state index in [0.717, 1.165) is 68.5 Å². The van der Waals surface area contributed by atoms with E-state index >= 15 is 0 Å². The molecule has 0 unspecified atom stereocenters. The van der Waals surface area contributed by atoms with Crippen LogP contribution in [-0.2, 0) is 13.1 Å². The zero-order valence-corrected chi connectivity index (χ0v) is 20.9. The molecule has 34 heavy (non-hydrogen) atoms. The van der Waals surface area contributed by atoms with Gasteiger partial charge in [-0.2, -0.15) is 4.37 Å². The summed E-state index contributed by atoms with van der Waals surface area (Å²) in [6.07, 6.45) is 4.51. The minimum Gasteiger partial charge on any atom is -0.318 e. The molecule has 0 radical (unpaired) electrons. The molecule has 1 N–H and O–H groups in total. The van der Waals surface area contributed by atoms with E-state index in [1.807, 2.05) is 13.1 Å². The van der Waals surface area contributed by atoms with E-state index in [-0.39, 0.29) is 0 Å². The molecule has 4 aromatic rings. The van der Waals surface area contributed by atoms with Gasteiger partial charge in [-0.05, 0) is 74.1 Å². The number of likely N-dealkylation sites (N-methyl/N-ethyl adjacent to an activating group) is 1. The molecule has 176 valence electrons. The average molecular weight is 493 g/mol. The van der Waals surface area contributed by atoms with Crippen LogP contribution in [-0.4, -0.2) is 44.2 Å². The number of benzene rings is 2. The van der Waals surface area contributed by atoms with Gasteiger partial charge in [-0.1, -0.05) is 29.8 Å². The molecule has 2 aliphatic rings. The standard InChI is InChI=1S/C26H29ClN6S/c1-28-12-13-32-15-19-14-20(27)10-11-22(19)33-24(16-32)29-30-26(33)18-8-6-17(7-9-18)25-21-4-2-3-5-23(21)34-31-25/h2-5,10-11,14,17-18,28H,6-9,12-13,15-16H2,1H3/t17-,18-. The van der Waals surface area contributed by atoms with E-state index in [1.165, 1.54) is 27.0 Å². The molecule has 0 saturated heterocycles. The van der Waals surface area contributed by atoms with Gasteiger partial charge in [0.1, 0.15) is 5.82 Å². The van der Waals surface area contributed by atoms with E-state index in [9.17, 15) is 0 Å². The van der Waals surface area contributed by atoms with Crippen molar-refractivity contribution in [3.63, 3.8) is 0 Å². The number of nitrogens with one attached hydrogen (secondary N) is 1. The molecule has 0 atom stereocenters. The molecule has 0 bridgehead atoms. The summed E-state index contributed by atoms with van der Waals surface area (Å²) in [5.74, 6) is 3.08. The fraction of sp³-hybridized carbons (Fsp3) is 0.423. The van der Waals surface area contributed by atoms with Gasteiger partial charge < -0.3 is 5.32 Å². The van der Waals surface area contributed by atoms with Crippen molar-refractivity contribution in [3.05, 3.63) is 70.4 Å². The second-order valence-electron chi connectivity index (χ2n) is 9.51. The molecular formula is C26H29ClN6S. The Balaban J connectivity index is 1.28. The molecule has 1 aliphatic carbocycles. The first-order valence-electron chi connectivity index (χ1n) is 12.2. The molecule has 1 saturated carbocycles. The molecule has 2 aromatic heterocycles. The Bertz CT molecular complexity index is 1310. The molecule has 6 rings (SSSR count). The molecule has 3 heterocycles. The lowest BCUT2D eigenvalue weighted by molar-refractivity contribution is 0.256. The quantitative estimate of drug-likeness (QED) is 0.398. The predicted octanol–water partition coefficient (Wildman–Crippen LogP) is 5.51. The fourth-order valence-corrected chi connectivity index (χ4v) is 6.66. The lowest BCUT2D eigenvalue weighted by Gasteiger charge is -2.28. The second kappa shape index (κ2) is 9.38. The summed E-state index contributed by atoms with van der Waals surface area (Å²) in [5.41, 5.74) is 3.71. The summed E-state index contributed by atoms with van der Waals surface area (Å²) in [5, 5.41) is 14.8. The number of hydrogen-bond acceptors (Lipinski definition) is 6. The number of hydrogen-bond donors (Lipinski definition) is 1. The zero-order valence-electron chi connectivity index (χ0n) is 19.4. The van der Waals surface area contributed by atoms with Crippen LogP contribution in [0.1, 0.15) is 60.4 Å². The average Bonchev–Trinajstić information content (AvgIpc) is 3.44. The van der Waals surface area contributed by atoms with Crippen molar-refractivity contribution < 1.29 is 0 Å². The van der Waals surface area contributed by atoms with Crippen LogP contribution in [0.4, 0.5) is 0 Å². The zero-order chi connectivity index (χ0) is 23.1. The Kier molecular flexibility index (Phi) is 6.11. The SMILES string of the molecule is CNCCN1Cc2cc(Cl)ccc2-n2c(nnc2[C@H]2CC[C@H](c3nsc4ccccc43)CC2)C1. The summed E-state index contributed by atoms with van der Waals surface area (Å²) in [6.45, 7) is 3.55. The van der Waals surface area contributed by atoms with E-state index in [2.05, 4.69) is 56.3 Å². The number of aromatic nitrogens is 4. The van der Waals surface area contributed by atoms with Gasteiger partial charge in [-0.3, -0.25) is 9.47 Å². The third-order valence-corrected chi connectivity index (χ3v) is 8.43. The third-order valence-electron chi connectivity index (χ3n) is 7.36. The van der Waals surface area contributed by atoms with Crippen molar-refractivity contribution in [1.82, 2.24) is 29.4 Å². The van der Waals surface area contributed by atoms with Gasteiger partial charge in [0.15, 0.2) is 5.82 Å². The van der Waals surface area contributed by atoms with Crippen molar-refractivity contribution in [3.8, 4) is 5.69 Å². The largest absolute Gasteiger partial charge is 0.318 e. The maximum absolute atomic E-state index is 6.40. The highest BCUT2D eigenvalue weighted by molar-refractivity contribution is 7.13. The molecule has 1 fully saturated rings. The molecule has 1 aliphatic heterocycles. The monoisotopic (exact) mass is 492 g/mol. The van der Waals surface area contributed by atoms with Crippen molar-refractivity contribution in [2.75, 3.05) is 20.1 Å². The van der Waals surface area contributed by atoms with Crippen LogP contribution in [0, 0.1) is 0 Å². The van der Waals surface area contributed by atoms with Gasteiger partial charge in [-0.25, -0.2) is 0 Å². The van der Waals surface area contributed by atoms with Gasteiger partial charge in [0, 0.05) is 41.9 Å². The highest BCUT2D eigenvalue weighted by Crippen LogP contribution is 2.43. The third kappa shape index (κ3) is 4.05. The van der Waals surface area contributed by atoms with Crippen molar-refractivity contribution in [2.45, 2.75) is 50.6 Å². The van der Waals surface area contributed by atoms with Gasteiger partial charge >= 0.3 is 0 Å². The van der Waals surface area contributed by atoms with Crippen molar-refractivity contribution >= 4 is 33.2 Å². The molecular weight excluding hydrogens is 464 g/mol. The lowest BCUT2D eigenvalue weighted by atomic mass is 9.79. The van der Waals surface area contributed by atoms with E-state index in [4.69, 9.17) is 21.1 Å². The number of rotatable bonds is 5. The Morgan fingerprint density at radius 2 is 1.85 bits per heavy atom. The van der Waals surface area contributed by atoms with Gasteiger partial charge in [-0.15, -0.1) is 10.2 Å². The first kappa shape index (κ1) is 22.2. The first-order valence-corrected chi connectivity index (χ1v) is 13.3. The maximum atomic E-state index is 6.40. The van der Waals surface area contributed by atoms with Crippen LogP contribution in [0.25, 0.3) is 15.8 Å². The highest BCUT2D eigenvalue weighted by Gasteiger charge is 2.32. The smallest absolute Gasteiger partial charge is 0.151 e. The maximum Gasteiger partial charge on any atom is 0.151 e. The van der Waals surface area contributed by atoms with Crippen molar-refractivity contribution in [1.29, 1.82) is 0 Å². The Labute approximate surface area is 209 Å². The molecule has 0 amide bonds. The molecule has 2 aromatic carbocycles. The van der Waals surface area contributed by atoms with Crippen LogP contribution in [0.2, 0.25) is 5.02 Å². The van der Waals surface area contributed by atoms with Crippen LogP contribution in [0.15, 0.2) is 42.5 Å². The van der Waals surface area contributed by atoms with E-state index in [1.54, 1.807) is 11.5 Å². The summed E-state index contributed by atoms with van der Waals surface area (Å²) >= 11 is 8.03. The summed E-state index contributed by atoms with van der Waals surface area (Å²) in [6, 6.07) is 14.9. The van der Waals surface area contributed by atoms with Crippen LogP contribution in [0.5, 0.6) is 0 Å². The highest BCUT2D eigenvalue weighted by atomic mass is 35.5. The Morgan fingerprint density at radius 3 is 2.71 bits per heavy atom. The van der Waals surface area contributed by atoms with Gasteiger partial charge in [0.25, 0.3) is 0 Å². The number of fused-ring (bicyclic) bond motifs is 4. The Morgan fingerprint density at radius 1 is 1.03 bits per heavy atom. The fourth-order valence-electron chi connectivity index (χ4n) is 5.61.